The van der Waals surface area contributed by atoms with Gasteiger partial charge in [-0.1, -0.05) is 13.0 Å². The van der Waals surface area contributed by atoms with Gasteiger partial charge in [-0.3, -0.25) is 15.5 Å². The lowest BCUT2D eigenvalue weighted by molar-refractivity contribution is 0.514. The summed E-state index contributed by atoms with van der Waals surface area (Å²) in [6, 6.07) is 7.78. The van der Waals surface area contributed by atoms with Gasteiger partial charge in [0.1, 0.15) is 6.04 Å². The van der Waals surface area contributed by atoms with Crippen molar-refractivity contribution in [3.8, 4) is 0 Å². The van der Waals surface area contributed by atoms with E-state index in [1.54, 1.807) is 6.20 Å². The fraction of sp³-hybridized carbons (Fsp3) is 0.385. The largest absolute Gasteiger partial charge is 0.270 e. The van der Waals surface area contributed by atoms with Crippen molar-refractivity contribution >= 4 is 0 Å². The first-order valence-electron chi connectivity index (χ1n) is 6.17. The first kappa shape index (κ1) is 12.7. The zero-order valence-electron chi connectivity index (χ0n) is 10.8. The maximum Gasteiger partial charge on any atom is 0.105 e. The van der Waals surface area contributed by atoms with Crippen LogP contribution >= 0.6 is 0 Å². The second-order valence-electron chi connectivity index (χ2n) is 4.28. The zero-order chi connectivity index (χ0) is 13.0. The van der Waals surface area contributed by atoms with Crippen molar-refractivity contribution in [2.45, 2.75) is 32.9 Å². The van der Waals surface area contributed by atoms with Gasteiger partial charge in [-0.25, -0.2) is 5.43 Å². The van der Waals surface area contributed by atoms with Crippen molar-refractivity contribution in [1.82, 2.24) is 20.2 Å². The molecule has 2 heterocycles. The third kappa shape index (κ3) is 2.57. The number of nitrogens with one attached hydrogen (secondary N) is 1. The standard InChI is InChI=1S/C13H19N5/c1-3-9-18-12(7-8-15-18)13(17-14)11-6-4-5-10(2)16-11/h4-8,13,17H,3,9,14H2,1-2H3. The molecule has 0 saturated carbocycles. The number of nitrogens with zero attached hydrogens (tertiary/aromatic N) is 3. The topological polar surface area (TPSA) is 68.8 Å². The molecule has 5 heteroatoms. The van der Waals surface area contributed by atoms with Crippen LogP contribution in [-0.2, 0) is 6.54 Å². The molecule has 2 rings (SSSR count). The summed E-state index contributed by atoms with van der Waals surface area (Å²) in [5.74, 6) is 5.68. The Morgan fingerprint density at radius 2 is 2.22 bits per heavy atom. The Morgan fingerprint density at radius 1 is 1.39 bits per heavy atom. The molecule has 2 aromatic heterocycles. The van der Waals surface area contributed by atoms with Crippen LogP contribution < -0.4 is 11.3 Å². The fourth-order valence-electron chi connectivity index (χ4n) is 2.03. The zero-order valence-corrected chi connectivity index (χ0v) is 10.8. The predicted octanol–water partition coefficient (Wildman–Crippen LogP) is 1.55. The van der Waals surface area contributed by atoms with E-state index in [2.05, 4.69) is 22.4 Å². The van der Waals surface area contributed by atoms with Crippen molar-refractivity contribution in [2.75, 3.05) is 0 Å². The fourth-order valence-corrected chi connectivity index (χ4v) is 2.03. The quantitative estimate of drug-likeness (QED) is 0.619. The van der Waals surface area contributed by atoms with Gasteiger partial charge in [0.25, 0.3) is 0 Å². The van der Waals surface area contributed by atoms with E-state index in [9.17, 15) is 0 Å². The normalized spacial score (nSPS) is 12.6. The lowest BCUT2D eigenvalue weighted by Gasteiger charge is -2.17. The van der Waals surface area contributed by atoms with E-state index in [0.29, 0.717) is 0 Å². The summed E-state index contributed by atoms with van der Waals surface area (Å²) in [6.45, 7) is 4.98. The number of rotatable bonds is 5. The number of aromatic nitrogens is 3. The van der Waals surface area contributed by atoms with Crippen molar-refractivity contribution in [3.05, 3.63) is 47.5 Å². The second-order valence-corrected chi connectivity index (χ2v) is 4.28. The average molecular weight is 245 g/mol. The molecule has 0 fully saturated rings. The molecule has 2 aromatic rings. The molecular weight excluding hydrogens is 226 g/mol. The van der Waals surface area contributed by atoms with E-state index >= 15 is 0 Å². The minimum absolute atomic E-state index is 0.126. The smallest absolute Gasteiger partial charge is 0.105 e. The highest BCUT2D eigenvalue weighted by Crippen LogP contribution is 2.19. The van der Waals surface area contributed by atoms with Gasteiger partial charge in [0.2, 0.25) is 0 Å². The monoisotopic (exact) mass is 245 g/mol. The Labute approximate surface area is 107 Å². The van der Waals surface area contributed by atoms with E-state index in [0.717, 1.165) is 30.0 Å². The summed E-state index contributed by atoms with van der Waals surface area (Å²) in [7, 11) is 0. The van der Waals surface area contributed by atoms with Crippen LogP contribution in [0.25, 0.3) is 0 Å². The van der Waals surface area contributed by atoms with Gasteiger partial charge < -0.3 is 0 Å². The van der Waals surface area contributed by atoms with Crippen LogP contribution in [0.15, 0.2) is 30.5 Å². The van der Waals surface area contributed by atoms with Crippen molar-refractivity contribution in [1.29, 1.82) is 0 Å². The van der Waals surface area contributed by atoms with Gasteiger partial charge >= 0.3 is 0 Å². The first-order chi connectivity index (χ1) is 8.76. The molecule has 0 aliphatic carbocycles. The molecule has 96 valence electrons. The van der Waals surface area contributed by atoms with E-state index in [-0.39, 0.29) is 6.04 Å². The maximum atomic E-state index is 5.68. The Morgan fingerprint density at radius 3 is 2.89 bits per heavy atom. The molecule has 0 spiro atoms. The number of nitrogens with two attached hydrogens (primary N) is 1. The number of hydrogen-bond acceptors (Lipinski definition) is 4. The molecule has 0 saturated heterocycles. The minimum atomic E-state index is -0.126. The highest BCUT2D eigenvalue weighted by Gasteiger charge is 2.17. The van der Waals surface area contributed by atoms with Gasteiger partial charge in [0, 0.05) is 18.4 Å². The average Bonchev–Trinajstić information content (AvgIpc) is 2.79. The van der Waals surface area contributed by atoms with Gasteiger partial charge in [-0.15, -0.1) is 0 Å². The lowest BCUT2D eigenvalue weighted by atomic mass is 10.1. The third-order valence-electron chi connectivity index (χ3n) is 2.85. The van der Waals surface area contributed by atoms with Crippen LogP contribution in [0.1, 0.15) is 36.5 Å². The summed E-state index contributed by atoms with van der Waals surface area (Å²) in [6.07, 6.45) is 2.83. The van der Waals surface area contributed by atoms with Gasteiger partial charge in [-0.2, -0.15) is 5.10 Å². The molecule has 5 nitrogen and oxygen atoms in total. The highest BCUT2D eigenvalue weighted by atomic mass is 15.3. The number of aryl methyl sites for hydroxylation is 2. The second kappa shape index (κ2) is 5.75. The Kier molecular flexibility index (Phi) is 4.07. The van der Waals surface area contributed by atoms with Gasteiger partial charge in [0.15, 0.2) is 0 Å². The molecular formula is C13H19N5. The Hall–Kier alpha value is -1.72. The Balaban J connectivity index is 2.36. The van der Waals surface area contributed by atoms with Crippen molar-refractivity contribution < 1.29 is 0 Å². The molecule has 0 aliphatic rings. The van der Waals surface area contributed by atoms with Crippen LogP contribution in [0.5, 0.6) is 0 Å². The van der Waals surface area contributed by atoms with E-state index in [1.165, 1.54) is 0 Å². The molecule has 0 amide bonds. The van der Waals surface area contributed by atoms with Crippen LogP contribution in [0, 0.1) is 6.92 Å². The number of hydrogen-bond donors (Lipinski definition) is 2. The molecule has 1 atom stereocenters. The van der Waals surface area contributed by atoms with Crippen molar-refractivity contribution in [3.63, 3.8) is 0 Å². The Bertz CT molecular complexity index is 506. The first-order valence-corrected chi connectivity index (χ1v) is 6.17. The van der Waals surface area contributed by atoms with Gasteiger partial charge in [-0.05, 0) is 31.5 Å². The molecule has 0 bridgehead atoms. The number of pyridine rings is 1. The predicted molar refractivity (Wildman–Crippen MR) is 70.7 cm³/mol. The summed E-state index contributed by atoms with van der Waals surface area (Å²) in [5.41, 5.74) is 5.76. The maximum absolute atomic E-state index is 5.68. The van der Waals surface area contributed by atoms with Crippen molar-refractivity contribution in [2.24, 2.45) is 5.84 Å². The molecule has 0 aliphatic heterocycles. The van der Waals surface area contributed by atoms with Gasteiger partial charge in [0.05, 0.1) is 11.4 Å². The molecule has 0 aromatic carbocycles. The molecule has 0 radical (unpaired) electrons. The highest BCUT2D eigenvalue weighted by molar-refractivity contribution is 5.23. The molecule has 18 heavy (non-hydrogen) atoms. The summed E-state index contributed by atoms with van der Waals surface area (Å²) in [5, 5.41) is 4.32. The van der Waals surface area contributed by atoms with Crippen LogP contribution in [0.3, 0.4) is 0 Å². The lowest BCUT2D eigenvalue weighted by Crippen LogP contribution is -2.31. The molecule has 3 N–H and O–H groups in total. The SMILES string of the molecule is CCCn1nccc1C(NN)c1cccc(C)n1. The van der Waals surface area contributed by atoms with E-state index < -0.39 is 0 Å². The van der Waals surface area contributed by atoms with E-state index in [4.69, 9.17) is 5.84 Å². The van der Waals surface area contributed by atoms with E-state index in [1.807, 2.05) is 35.9 Å². The molecule has 1 unspecified atom stereocenters. The summed E-state index contributed by atoms with van der Waals surface area (Å²) < 4.78 is 1.97. The number of hydrazine groups is 1. The van der Waals surface area contributed by atoms with Crippen LogP contribution in [0.2, 0.25) is 0 Å². The third-order valence-corrected chi connectivity index (χ3v) is 2.85. The summed E-state index contributed by atoms with van der Waals surface area (Å²) >= 11 is 0. The summed E-state index contributed by atoms with van der Waals surface area (Å²) in [4.78, 5) is 4.52. The van der Waals surface area contributed by atoms with Crippen LogP contribution in [-0.4, -0.2) is 14.8 Å². The minimum Gasteiger partial charge on any atom is -0.270 e. The van der Waals surface area contributed by atoms with Crippen LogP contribution in [0.4, 0.5) is 0 Å².